The Kier molecular flexibility index (Phi) is 3.44. The van der Waals surface area contributed by atoms with Crippen LogP contribution in [0.5, 0.6) is 0 Å². The number of aryl methyl sites for hydroxylation is 1. The van der Waals surface area contributed by atoms with Crippen LogP contribution in [0.1, 0.15) is 5.56 Å². The monoisotopic (exact) mass is 275 g/mol. The zero-order chi connectivity index (χ0) is 14.1. The quantitative estimate of drug-likeness (QED) is 0.897. The minimum absolute atomic E-state index is 0.114. The van der Waals surface area contributed by atoms with Crippen LogP contribution < -0.4 is 5.32 Å². The summed E-state index contributed by atoms with van der Waals surface area (Å²) in [6.07, 6.45) is 2.25. The van der Waals surface area contributed by atoms with Gasteiger partial charge in [0, 0.05) is 50.3 Å². The number of amides is 1. The molecule has 20 heavy (non-hydrogen) atoms. The SMILES string of the molecule is Cn1cc(CC(=O)N2CCNCC2)c2cc(F)ccc21. The van der Waals surface area contributed by atoms with Crippen molar-refractivity contribution >= 4 is 16.8 Å². The van der Waals surface area contributed by atoms with Crippen LogP contribution in [-0.4, -0.2) is 41.6 Å². The lowest BCUT2D eigenvalue weighted by atomic mass is 10.1. The van der Waals surface area contributed by atoms with Crippen molar-refractivity contribution in [2.24, 2.45) is 7.05 Å². The van der Waals surface area contributed by atoms with E-state index in [2.05, 4.69) is 5.32 Å². The number of piperazine rings is 1. The highest BCUT2D eigenvalue weighted by atomic mass is 19.1. The van der Waals surface area contributed by atoms with Gasteiger partial charge in [0.1, 0.15) is 5.82 Å². The van der Waals surface area contributed by atoms with Crippen LogP contribution in [0.15, 0.2) is 24.4 Å². The van der Waals surface area contributed by atoms with Gasteiger partial charge in [-0.05, 0) is 23.8 Å². The molecule has 1 saturated heterocycles. The molecular weight excluding hydrogens is 257 g/mol. The Balaban J connectivity index is 1.86. The molecule has 1 aromatic heterocycles. The topological polar surface area (TPSA) is 37.3 Å². The molecule has 0 aliphatic carbocycles. The van der Waals surface area contributed by atoms with E-state index in [9.17, 15) is 9.18 Å². The molecule has 0 radical (unpaired) electrons. The number of halogens is 1. The predicted octanol–water partition coefficient (Wildman–Crippen LogP) is 1.29. The molecule has 1 fully saturated rings. The minimum atomic E-state index is -0.264. The Morgan fingerprint density at radius 1 is 1.35 bits per heavy atom. The summed E-state index contributed by atoms with van der Waals surface area (Å²) in [6, 6.07) is 4.71. The molecule has 5 heteroatoms. The van der Waals surface area contributed by atoms with Crippen molar-refractivity contribution in [2.45, 2.75) is 6.42 Å². The van der Waals surface area contributed by atoms with Crippen molar-refractivity contribution in [3.05, 3.63) is 35.8 Å². The number of nitrogens with zero attached hydrogens (tertiary/aromatic N) is 2. The summed E-state index contributed by atoms with van der Waals surface area (Å²) in [4.78, 5) is 14.2. The van der Waals surface area contributed by atoms with Crippen LogP contribution in [0, 0.1) is 5.82 Å². The molecule has 106 valence electrons. The van der Waals surface area contributed by atoms with Crippen LogP contribution in [0.3, 0.4) is 0 Å². The van der Waals surface area contributed by atoms with Crippen molar-refractivity contribution in [3.63, 3.8) is 0 Å². The highest BCUT2D eigenvalue weighted by Crippen LogP contribution is 2.22. The lowest BCUT2D eigenvalue weighted by Crippen LogP contribution is -2.46. The van der Waals surface area contributed by atoms with Crippen molar-refractivity contribution < 1.29 is 9.18 Å². The lowest BCUT2D eigenvalue weighted by molar-refractivity contribution is -0.131. The molecule has 0 bridgehead atoms. The molecule has 0 atom stereocenters. The molecule has 1 aliphatic heterocycles. The molecule has 2 heterocycles. The minimum Gasteiger partial charge on any atom is -0.350 e. The fraction of sp³-hybridized carbons (Fsp3) is 0.400. The number of fused-ring (bicyclic) bond motifs is 1. The Morgan fingerprint density at radius 3 is 2.85 bits per heavy atom. The third-order valence-corrected chi connectivity index (χ3v) is 3.85. The number of hydrogen-bond acceptors (Lipinski definition) is 2. The first kappa shape index (κ1) is 13.1. The second kappa shape index (κ2) is 5.25. The number of carbonyl (C=O) groups is 1. The van der Waals surface area contributed by atoms with E-state index < -0.39 is 0 Å². The van der Waals surface area contributed by atoms with E-state index in [0.29, 0.717) is 6.42 Å². The Labute approximate surface area is 117 Å². The van der Waals surface area contributed by atoms with Gasteiger partial charge in [-0.15, -0.1) is 0 Å². The molecule has 0 saturated carbocycles. The summed E-state index contributed by atoms with van der Waals surface area (Å²) in [5.41, 5.74) is 1.85. The molecule has 1 amide bonds. The Morgan fingerprint density at radius 2 is 2.10 bits per heavy atom. The maximum absolute atomic E-state index is 13.4. The largest absolute Gasteiger partial charge is 0.350 e. The second-order valence-electron chi connectivity index (χ2n) is 5.23. The fourth-order valence-electron chi connectivity index (χ4n) is 2.78. The highest BCUT2D eigenvalue weighted by Gasteiger charge is 2.18. The van der Waals surface area contributed by atoms with Gasteiger partial charge in [0.25, 0.3) is 0 Å². The van der Waals surface area contributed by atoms with Crippen molar-refractivity contribution in [3.8, 4) is 0 Å². The van der Waals surface area contributed by atoms with Gasteiger partial charge in [-0.3, -0.25) is 4.79 Å². The molecule has 4 nitrogen and oxygen atoms in total. The van der Waals surface area contributed by atoms with E-state index in [1.54, 1.807) is 6.07 Å². The van der Waals surface area contributed by atoms with Crippen LogP contribution in [0.4, 0.5) is 4.39 Å². The summed E-state index contributed by atoms with van der Waals surface area (Å²) >= 11 is 0. The average Bonchev–Trinajstić information content (AvgIpc) is 2.76. The lowest BCUT2D eigenvalue weighted by Gasteiger charge is -2.27. The van der Waals surface area contributed by atoms with Gasteiger partial charge in [0.15, 0.2) is 0 Å². The maximum Gasteiger partial charge on any atom is 0.227 e. The molecule has 2 aromatic rings. The summed E-state index contributed by atoms with van der Waals surface area (Å²) in [5.74, 6) is -0.150. The van der Waals surface area contributed by atoms with E-state index in [4.69, 9.17) is 0 Å². The molecule has 1 aromatic carbocycles. The molecule has 0 spiro atoms. The van der Waals surface area contributed by atoms with Crippen molar-refractivity contribution in [1.29, 1.82) is 0 Å². The average molecular weight is 275 g/mol. The second-order valence-corrected chi connectivity index (χ2v) is 5.23. The van der Waals surface area contributed by atoms with Gasteiger partial charge in [-0.2, -0.15) is 0 Å². The van der Waals surface area contributed by atoms with Gasteiger partial charge in [-0.1, -0.05) is 0 Å². The van der Waals surface area contributed by atoms with Crippen LogP contribution in [0.25, 0.3) is 10.9 Å². The van der Waals surface area contributed by atoms with Gasteiger partial charge < -0.3 is 14.8 Å². The first-order valence-corrected chi connectivity index (χ1v) is 6.87. The molecule has 3 rings (SSSR count). The van der Waals surface area contributed by atoms with Crippen molar-refractivity contribution in [1.82, 2.24) is 14.8 Å². The Bertz CT molecular complexity index is 644. The van der Waals surface area contributed by atoms with Crippen molar-refractivity contribution in [2.75, 3.05) is 26.2 Å². The summed E-state index contributed by atoms with van der Waals surface area (Å²) in [6.45, 7) is 3.18. The smallest absolute Gasteiger partial charge is 0.227 e. The summed E-state index contributed by atoms with van der Waals surface area (Å²) in [7, 11) is 1.92. The first-order valence-electron chi connectivity index (χ1n) is 6.87. The number of nitrogens with one attached hydrogen (secondary N) is 1. The highest BCUT2D eigenvalue weighted by molar-refractivity contribution is 5.89. The predicted molar refractivity (Wildman–Crippen MR) is 76.0 cm³/mol. The van der Waals surface area contributed by atoms with E-state index in [1.807, 2.05) is 22.7 Å². The Hall–Kier alpha value is -1.88. The molecular formula is C15H18FN3O. The number of aromatic nitrogens is 1. The maximum atomic E-state index is 13.4. The van der Waals surface area contributed by atoms with E-state index in [-0.39, 0.29) is 11.7 Å². The van der Waals surface area contributed by atoms with Gasteiger partial charge in [0.2, 0.25) is 5.91 Å². The summed E-state index contributed by atoms with van der Waals surface area (Å²) < 4.78 is 15.3. The molecule has 1 N–H and O–H groups in total. The molecule has 0 unspecified atom stereocenters. The van der Waals surface area contributed by atoms with Gasteiger partial charge >= 0.3 is 0 Å². The number of carbonyl (C=O) groups excluding carboxylic acids is 1. The van der Waals surface area contributed by atoms with E-state index in [0.717, 1.165) is 42.6 Å². The third-order valence-electron chi connectivity index (χ3n) is 3.85. The number of rotatable bonds is 2. The number of benzene rings is 1. The number of hydrogen-bond donors (Lipinski definition) is 1. The van der Waals surface area contributed by atoms with Gasteiger partial charge in [0.05, 0.1) is 6.42 Å². The van der Waals surface area contributed by atoms with E-state index >= 15 is 0 Å². The molecule has 1 aliphatic rings. The zero-order valence-electron chi connectivity index (χ0n) is 11.5. The third kappa shape index (κ3) is 2.41. The van der Waals surface area contributed by atoms with Crippen LogP contribution >= 0.6 is 0 Å². The zero-order valence-corrected chi connectivity index (χ0v) is 11.5. The van der Waals surface area contributed by atoms with Gasteiger partial charge in [-0.25, -0.2) is 4.39 Å². The normalized spacial score (nSPS) is 15.8. The first-order chi connectivity index (χ1) is 9.65. The van der Waals surface area contributed by atoms with E-state index in [1.165, 1.54) is 12.1 Å². The fourth-order valence-corrected chi connectivity index (χ4v) is 2.78. The standard InChI is InChI=1S/C15H18FN3O/c1-18-10-11(13-9-12(16)2-3-14(13)18)8-15(20)19-6-4-17-5-7-19/h2-3,9-10,17H,4-8H2,1H3. The summed E-state index contributed by atoms with van der Waals surface area (Å²) in [5, 5.41) is 4.06. The van der Waals surface area contributed by atoms with Crippen LogP contribution in [-0.2, 0) is 18.3 Å². The van der Waals surface area contributed by atoms with Crippen LogP contribution in [0.2, 0.25) is 0 Å².